The van der Waals surface area contributed by atoms with Gasteiger partial charge in [-0.3, -0.25) is 4.79 Å². The van der Waals surface area contributed by atoms with Crippen LogP contribution in [0.4, 0.5) is 0 Å². The van der Waals surface area contributed by atoms with Crippen LogP contribution >= 0.6 is 11.6 Å². The topological polar surface area (TPSA) is 41.1 Å². The van der Waals surface area contributed by atoms with Crippen molar-refractivity contribution in [3.63, 3.8) is 0 Å². The largest absolute Gasteiger partial charge is 0.351 e. The molecule has 1 aromatic carbocycles. The third kappa shape index (κ3) is 3.72. The molecule has 17 heavy (non-hydrogen) atoms. The molecule has 1 saturated heterocycles. The van der Waals surface area contributed by atoms with Crippen LogP contribution in [-0.2, 0) is 11.3 Å². The Balaban J connectivity index is 1.83. The van der Waals surface area contributed by atoms with Crippen LogP contribution < -0.4 is 10.6 Å². The third-order valence-electron chi connectivity index (χ3n) is 2.98. The van der Waals surface area contributed by atoms with Gasteiger partial charge in [0.2, 0.25) is 5.91 Å². The minimum Gasteiger partial charge on any atom is -0.351 e. The van der Waals surface area contributed by atoms with Crippen LogP contribution in [-0.4, -0.2) is 18.5 Å². The summed E-state index contributed by atoms with van der Waals surface area (Å²) in [5.41, 5.74) is 1.03. The Morgan fingerprint density at radius 3 is 3.06 bits per heavy atom. The molecule has 0 unspecified atom stereocenters. The van der Waals surface area contributed by atoms with E-state index in [4.69, 9.17) is 11.6 Å². The van der Waals surface area contributed by atoms with Crippen LogP contribution in [0.2, 0.25) is 5.02 Å². The molecule has 0 bridgehead atoms. The molecule has 0 aromatic heterocycles. The van der Waals surface area contributed by atoms with E-state index in [2.05, 4.69) is 10.6 Å². The van der Waals surface area contributed by atoms with E-state index >= 15 is 0 Å². The summed E-state index contributed by atoms with van der Waals surface area (Å²) in [5, 5.41) is 6.87. The van der Waals surface area contributed by atoms with Gasteiger partial charge in [0.15, 0.2) is 0 Å². The summed E-state index contributed by atoms with van der Waals surface area (Å²) < 4.78 is 0. The minimum atomic E-state index is -0.0251. The molecule has 2 rings (SSSR count). The Bertz CT molecular complexity index is 389. The molecule has 0 saturated carbocycles. The predicted octanol–water partition coefficient (Wildman–Crippen LogP) is 2.10. The maximum absolute atomic E-state index is 11.8. The quantitative estimate of drug-likeness (QED) is 0.865. The summed E-state index contributed by atoms with van der Waals surface area (Å²) in [7, 11) is 0. The van der Waals surface area contributed by atoms with Gasteiger partial charge in [-0.15, -0.1) is 0 Å². The molecule has 1 atom stereocenters. The molecule has 1 fully saturated rings. The highest BCUT2D eigenvalue weighted by atomic mass is 35.5. The molecule has 1 amide bonds. The van der Waals surface area contributed by atoms with Crippen molar-refractivity contribution in [2.45, 2.75) is 31.8 Å². The average Bonchev–Trinajstić information content (AvgIpc) is 2.37. The molecular formula is C13H17ClN2O. The van der Waals surface area contributed by atoms with Gasteiger partial charge >= 0.3 is 0 Å². The number of halogens is 1. The van der Waals surface area contributed by atoms with Gasteiger partial charge in [0.05, 0.1) is 6.04 Å². The molecular weight excluding hydrogens is 236 g/mol. The van der Waals surface area contributed by atoms with Crippen LogP contribution in [0.15, 0.2) is 24.3 Å². The lowest BCUT2D eigenvalue weighted by Gasteiger charge is -2.22. The Morgan fingerprint density at radius 2 is 2.35 bits per heavy atom. The average molecular weight is 253 g/mol. The fraction of sp³-hybridized carbons (Fsp3) is 0.462. The molecule has 4 heteroatoms. The number of hydrogen-bond acceptors (Lipinski definition) is 2. The van der Waals surface area contributed by atoms with E-state index in [0.29, 0.717) is 11.6 Å². The highest BCUT2D eigenvalue weighted by Crippen LogP contribution is 2.11. The van der Waals surface area contributed by atoms with Gasteiger partial charge in [0, 0.05) is 11.6 Å². The molecule has 1 heterocycles. The summed E-state index contributed by atoms with van der Waals surface area (Å²) >= 11 is 5.88. The molecule has 1 aromatic rings. The van der Waals surface area contributed by atoms with Crippen molar-refractivity contribution in [1.82, 2.24) is 10.6 Å². The van der Waals surface area contributed by atoms with Crippen molar-refractivity contribution in [3.8, 4) is 0 Å². The Kier molecular flexibility index (Phi) is 4.40. The van der Waals surface area contributed by atoms with E-state index in [1.54, 1.807) is 0 Å². The first-order chi connectivity index (χ1) is 8.25. The molecule has 0 radical (unpaired) electrons. The van der Waals surface area contributed by atoms with Crippen molar-refractivity contribution < 1.29 is 4.79 Å². The van der Waals surface area contributed by atoms with Gasteiger partial charge in [-0.2, -0.15) is 0 Å². The van der Waals surface area contributed by atoms with E-state index in [0.717, 1.165) is 31.4 Å². The number of nitrogens with one attached hydrogen (secondary N) is 2. The fourth-order valence-electron chi connectivity index (χ4n) is 2.03. The zero-order valence-electron chi connectivity index (χ0n) is 9.71. The molecule has 1 aliphatic rings. The van der Waals surface area contributed by atoms with Crippen LogP contribution in [0.25, 0.3) is 0 Å². The van der Waals surface area contributed by atoms with E-state index in [-0.39, 0.29) is 11.9 Å². The standard InChI is InChI=1S/C13H17ClN2O/c14-11-5-3-4-10(8-11)9-16-13(17)12-6-1-2-7-15-12/h3-5,8,12,15H,1-2,6-7,9H2,(H,16,17)/t12-/m0/s1. The Hall–Kier alpha value is -1.06. The van der Waals surface area contributed by atoms with Crippen LogP contribution in [0.1, 0.15) is 24.8 Å². The summed E-state index contributed by atoms with van der Waals surface area (Å²) in [4.78, 5) is 11.8. The van der Waals surface area contributed by atoms with Gasteiger partial charge in [0.25, 0.3) is 0 Å². The van der Waals surface area contributed by atoms with Crippen LogP contribution in [0, 0.1) is 0 Å². The van der Waals surface area contributed by atoms with Crippen molar-refractivity contribution in [1.29, 1.82) is 0 Å². The number of carbonyl (C=O) groups excluding carboxylic acids is 1. The molecule has 1 aliphatic heterocycles. The predicted molar refractivity (Wildman–Crippen MR) is 68.9 cm³/mol. The number of rotatable bonds is 3. The van der Waals surface area contributed by atoms with Gasteiger partial charge in [0.1, 0.15) is 0 Å². The molecule has 0 aliphatic carbocycles. The normalized spacial score (nSPS) is 19.9. The SMILES string of the molecule is O=C(NCc1cccc(Cl)c1)[C@@H]1CCCCN1. The van der Waals surface area contributed by atoms with Gasteiger partial charge in [-0.25, -0.2) is 0 Å². The van der Waals surface area contributed by atoms with Gasteiger partial charge in [-0.05, 0) is 37.1 Å². The lowest BCUT2D eigenvalue weighted by Crippen LogP contribution is -2.46. The van der Waals surface area contributed by atoms with E-state index in [1.165, 1.54) is 0 Å². The second kappa shape index (κ2) is 6.03. The van der Waals surface area contributed by atoms with Gasteiger partial charge < -0.3 is 10.6 Å². The number of piperidine rings is 1. The first-order valence-corrected chi connectivity index (χ1v) is 6.39. The third-order valence-corrected chi connectivity index (χ3v) is 3.22. The highest BCUT2D eigenvalue weighted by Gasteiger charge is 2.19. The lowest BCUT2D eigenvalue weighted by atomic mass is 10.0. The first kappa shape index (κ1) is 12.4. The highest BCUT2D eigenvalue weighted by molar-refractivity contribution is 6.30. The van der Waals surface area contributed by atoms with E-state index < -0.39 is 0 Å². The van der Waals surface area contributed by atoms with Crippen LogP contribution in [0.3, 0.4) is 0 Å². The number of hydrogen-bond donors (Lipinski definition) is 2. The van der Waals surface area contributed by atoms with Crippen molar-refractivity contribution >= 4 is 17.5 Å². The zero-order valence-corrected chi connectivity index (χ0v) is 10.5. The fourth-order valence-corrected chi connectivity index (χ4v) is 2.25. The smallest absolute Gasteiger partial charge is 0.237 e. The second-order valence-corrected chi connectivity index (χ2v) is 4.79. The van der Waals surface area contributed by atoms with Gasteiger partial charge in [-0.1, -0.05) is 30.2 Å². The van der Waals surface area contributed by atoms with Crippen molar-refractivity contribution in [2.24, 2.45) is 0 Å². The minimum absolute atomic E-state index is 0.0251. The van der Waals surface area contributed by atoms with Crippen molar-refractivity contribution in [3.05, 3.63) is 34.9 Å². The molecule has 0 spiro atoms. The zero-order chi connectivity index (χ0) is 12.1. The number of amides is 1. The summed E-state index contributed by atoms with van der Waals surface area (Å²) in [5.74, 6) is 0.0877. The Morgan fingerprint density at radius 1 is 1.47 bits per heavy atom. The molecule has 3 nitrogen and oxygen atoms in total. The summed E-state index contributed by atoms with van der Waals surface area (Å²) in [6.45, 7) is 1.48. The maximum Gasteiger partial charge on any atom is 0.237 e. The molecule has 2 N–H and O–H groups in total. The monoisotopic (exact) mass is 252 g/mol. The number of carbonyl (C=O) groups is 1. The Labute approximate surface area is 107 Å². The van der Waals surface area contributed by atoms with E-state index in [1.807, 2.05) is 24.3 Å². The number of benzene rings is 1. The van der Waals surface area contributed by atoms with E-state index in [9.17, 15) is 4.79 Å². The molecule has 92 valence electrons. The maximum atomic E-state index is 11.8. The second-order valence-electron chi connectivity index (χ2n) is 4.35. The summed E-state index contributed by atoms with van der Waals surface area (Å²) in [6.07, 6.45) is 3.22. The first-order valence-electron chi connectivity index (χ1n) is 6.01. The van der Waals surface area contributed by atoms with Crippen LogP contribution in [0.5, 0.6) is 0 Å². The lowest BCUT2D eigenvalue weighted by molar-refractivity contribution is -0.123. The summed E-state index contributed by atoms with van der Waals surface area (Å²) in [6, 6.07) is 7.53. The van der Waals surface area contributed by atoms with Crippen molar-refractivity contribution in [2.75, 3.05) is 6.54 Å².